The second-order valence-corrected chi connectivity index (χ2v) is 9.02. The Morgan fingerprint density at radius 3 is 2.93 bits per heavy atom. The summed E-state index contributed by atoms with van der Waals surface area (Å²) in [7, 11) is 0. The van der Waals surface area contributed by atoms with E-state index in [1.54, 1.807) is 0 Å². The number of likely N-dealkylation sites (tertiary alicyclic amines) is 1. The molecule has 154 valence electrons. The van der Waals surface area contributed by atoms with Crippen LogP contribution < -0.4 is 5.32 Å². The Balaban J connectivity index is 1.17. The molecule has 1 N–H and O–H groups in total. The smallest absolute Gasteiger partial charge is 0.317 e. The molecule has 3 fully saturated rings. The molecule has 0 unspecified atom stereocenters. The maximum absolute atomic E-state index is 12.9. The zero-order valence-corrected chi connectivity index (χ0v) is 17.2. The van der Waals surface area contributed by atoms with Crippen LogP contribution in [0.3, 0.4) is 0 Å². The lowest BCUT2D eigenvalue weighted by Crippen LogP contribution is -2.44. The lowest BCUT2D eigenvalue weighted by atomic mass is 9.90. The molecule has 3 aliphatic heterocycles. The topological polar surface area (TPSA) is 53.4 Å². The molecule has 6 nitrogen and oxygen atoms in total. The second kappa shape index (κ2) is 7.82. The van der Waals surface area contributed by atoms with E-state index < -0.39 is 0 Å². The van der Waals surface area contributed by atoms with Gasteiger partial charge in [-0.1, -0.05) is 36.8 Å². The molecular weight excluding hydrogens is 362 g/mol. The van der Waals surface area contributed by atoms with E-state index in [0.717, 1.165) is 25.2 Å². The number of urea groups is 1. The fourth-order valence-electron chi connectivity index (χ4n) is 5.54. The zero-order chi connectivity index (χ0) is 19.8. The van der Waals surface area contributed by atoms with E-state index in [1.165, 1.54) is 37.9 Å². The van der Waals surface area contributed by atoms with Gasteiger partial charge < -0.3 is 10.2 Å². The Hall–Kier alpha value is -2.34. The van der Waals surface area contributed by atoms with Crippen LogP contribution in [0.15, 0.2) is 42.7 Å². The number of aromatic nitrogens is 2. The maximum Gasteiger partial charge on any atom is 0.317 e. The van der Waals surface area contributed by atoms with Crippen LogP contribution in [0.2, 0.25) is 0 Å². The Kier molecular flexibility index (Phi) is 5.04. The number of benzene rings is 1. The first-order chi connectivity index (χ1) is 14.2. The lowest BCUT2D eigenvalue weighted by molar-refractivity contribution is 0.153. The van der Waals surface area contributed by atoms with Crippen molar-refractivity contribution in [1.82, 2.24) is 24.9 Å². The van der Waals surface area contributed by atoms with Crippen molar-refractivity contribution in [1.29, 1.82) is 0 Å². The van der Waals surface area contributed by atoms with E-state index in [1.807, 2.05) is 47.1 Å². The molecule has 1 aromatic heterocycles. The van der Waals surface area contributed by atoms with Crippen molar-refractivity contribution in [2.24, 2.45) is 11.8 Å². The number of fused-ring (bicyclic) bond motifs is 3. The van der Waals surface area contributed by atoms with Gasteiger partial charge in [0.05, 0.1) is 18.8 Å². The summed E-state index contributed by atoms with van der Waals surface area (Å²) in [6.45, 7) is 7.05. The summed E-state index contributed by atoms with van der Waals surface area (Å²) in [5.41, 5.74) is 2.27. The average molecular weight is 394 g/mol. The third kappa shape index (κ3) is 3.78. The maximum atomic E-state index is 12.9. The van der Waals surface area contributed by atoms with Crippen LogP contribution in [-0.4, -0.2) is 57.8 Å². The van der Waals surface area contributed by atoms with Crippen LogP contribution in [-0.2, 0) is 6.54 Å². The molecular formula is C23H31N5O. The van der Waals surface area contributed by atoms with Gasteiger partial charge in [-0.3, -0.25) is 9.58 Å². The molecule has 6 heteroatoms. The van der Waals surface area contributed by atoms with Gasteiger partial charge in [0.1, 0.15) is 0 Å². The van der Waals surface area contributed by atoms with Crippen molar-refractivity contribution in [3.8, 4) is 0 Å². The van der Waals surface area contributed by atoms with Crippen LogP contribution in [0, 0.1) is 11.8 Å². The molecule has 0 bridgehead atoms. The number of hydrogen-bond acceptors (Lipinski definition) is 3. The van der Waals surface area contributed by atoms with Crippen molar-refractivity contribution in [3.05, 3.63) is 53.9 Å². The van der Waals surface area contributed by atoms with E-state index in [4.69, 9.17) is 0 Å². The predicted molar refractivity (Wildman–Crippen MR) is 112 cm³/mol. The van der Waals surface area contributed by atoms with Crippen molar-refractivity contribution in [2.45, 2.75) is 44.8 Å². The van der Waals surface area contributed by atoms with Crippen LogP contribution in [0.1, 0.15) is 43.4 Å². The largest absolute Gasteiger partial charge is 0.331 e. The predicted octanol–water partition coefficient (Wildman–Crippen LogP) is 3.12. The number of piperidine rings is 1. The van der Waals surface area contributed by atoms with Crippen molar-refractivity contribution >= 4 is 6.03 Å². The SMILES string of the molecule is C[C@H](NC(=O)N1C[C@@H]2CN3CCCC[C@@H]3[C@H]2C1)c1cnn(Cc2ccccc2)c1. The van der Waals surface area contributed by atoms with E-state index in [-0.39, 0.29) is 12.1 Å². The van der Waals surface area contributed by atoms with Gasteiger partial charge in [-0.2, -0.15) is 5.10 Å². The normalized spacial score (nSPS) is 27.5. The van der Waals surface area contributed by atoms with Crippen LogP contribution in [0.25, 0.3) is 0 Å². The molecule has 1 aromatic carbocycles. The quantitative estimate of drug-likeness (QED) is 0.868. The third-order valence-electron chi connectivity index (χ3n) is 7.09. The summed E-state index contributed by atoms with van der Waals surface area (Å²) in [5.74, 6) is 1.33. The first-order valence-electron chi connectivity index (χ1n) is 11.0. The number of nitrogens with zero attached hydrogens (tertiary/aromatic N) is 4. The van der Waals surface area contributed by atoms with Crippen molar-refractivity contribution < 1.29 is 4.79 Å². The van der Waals surface area contributed by atoms with Crippen LogP contribution in [0.4, 0.5) is 4.79 Å². The number of amides is 2. The molecule has 0 radical (unpaired) electrons. The van der Waals surface area contributed by atoms with Gasteiger partial charge >= 0.3 is 6.03 Å². The van der Waals surface area contributed by atoms with Gasteiger partial charge in [-0.25, -0.2) is 4.79 Å². The Labute approximate surface area is 172 Å². The molecule has 29 heavy (non-hydrogen) atoms. The van der Waals surface area contributed by atoms with Crippen LogP contribution >= 0.6 is 0 Å². The Morgan fingerprint density at radius 2 is 2.07 bits per heavy atom. The first kappa shape index (κ1) is 18.7. The Bertz CT molecular complexity index is 850. The van der Waals surface area contributed by atoms with E-state index >= 15 is 0 Å². The first-order valence-corrected chi connectivity index (χ1v) is 11.0. The van der Waals surface area contributed by atoms with Gasteiger partial charge in [-0.15, -0.1) is 0 Å². The minimum Gasteiger partial charge on any atom is -0.331 e. The molecule has 0 spiro atoms. The second-order valence-electron chi connectivity index (χ2n) is 9.02. The molecule has 4 atom stereocenters. The van der Waals surface area contributed by atoms with E-state index in [0.29, 0.717) is 17.9 Å². The summed E-state index contributed by atoms with van der Waals surface area (Å²) in [6, 6.07) is 11.0. The highest BCUT2D eigenvalue weighted by molar-refractivity contribution is 5.75. The molecule has 3 aliphatic rings. The molecule has 5 rings (SSSR count). The Morgan fingerprint density at radius 1 is 1.21 bits per heavy atom. The minimum atomic E-state index is -0.0429. The van der Waals surface area contributed by atoms with Gasteiger partial charge in [0.25, 0.3) is 0 Å². The fourth-order valence-corrected chi connectivity index (χ4v) is 5.54. The summed E-state index contributed by atoms with van der Waals surface area (Å²) in [5, 5.41) is 7.67. The fraction of sp³-hybridized carbons (Fsp3) is 0.565. The number of rotatable bonds is 4. The standard InChI is InChI=1S/C23H31N5O/c1-17(19-11-24-28(15-19)12-18-7-3-2-4-8-18)25-23(29)27-14-20-13-26-10-6-5-9-22(26)21(20)16-27/h2-4,7-8,11,15,17,20-22H,5-6,9-10,12-14,16H2,1H3,(H,25,29)/t17-,20-,21-,22+/m0/s1. The highest BCUT2D eigenvalue weighted by atomic mass is 16.2. The number of carbonyl (C=O) groups is 1. The number of hydrogen-bond donors (Lipinski definition) is 1. The molecule has 2 amide bonds. The summed E-state index contributed by atoms with van der Waals surface area (Å²) in [4.78, 5) is 17.6. The van der Waals surface area contributed by atoms with Crippen LogP contribution in [0.5, 0.6) is 0 Å². The van der Waals surface area contributed by atoms with Gasteiger partial charge in [-0.05, 0) is 43.7 Å². The summed E-state index contributed by atoms with van der Waals surface area (Å²) >= 11 is 0. The highest BCUT2D eigenvalue weighted by Crippen LogP contribution is 2.40. The summed E-state index contributed by atoms with van der Waals surface area (Å²) < 4.78 is 1.94. The average Bonchev–Trinajstić information content (AvgIpc) is 3.43. The van der Waals surface area contributed by atoms with Crippen molar-refractivity contribution in [2.75, 3.05) is 26.2 Å². The molecule has 2 aromatic rings. The molecule has 4 heterocycles. The van der Waals surface area contributed by atoms with E-state index in [2.05, 4.69) is 27.4 Å². The third-order valence-corrected chi connectivity index (χ3v) is 7.09. The molecule has 0 saturated carbocycles. The zero-order valence-electron chi connectivity index (χ0n) is 17.2. The van der Waals surface area contributed by atoms with Gasteiger partial charge in [0.15, 0.2) is 0 Å². The van der Waals surface area contributed by atoms with Gasteiger partial charge in [0.2, 0.25) is 0 Å². The van der Waals surface area contributed by atoms with Crippen molar-refractivity contribution in [3.63, 3.8) is 0 Å². The van der Waals surface area contributed by atoms with E-state index in [9.17, 15) is 4.79 Å². The molecule has 0 aliphatic carbocycles. The van der Waals surface area contributed by atoms with Gasteiger partial charge in [0, 0.05) is 37.4 Å². The highest BCUT2D eigenvalue weighted by Gasteiger charge is 2.48. The number of nitrogens with one attached hydrogen (secondary N) is 1. The molecule has 3 saturated heterocycles. The number of carbonyl (C=O) groups excluding carboxylic acids is 1. The lowest BCUT2D eigenvalue weighted by Gasteiger charge is -2.33. The monoisotopic (exact) mass is 393 g/mol. The minimum absolute atomic E-state index is 0.0429. The summed E-state index contributed by atoms with van der Waals surface area (Å²) in [6.07, 6.45) is 7.91.